The summed E-state index contributed by atoms with van der Waals surface area (Å²) in [4.78, 5) is 11.8. The number of hydrogen-bond acceptors (Lipinski definition) is 5. The summed E-state index contributed by atoms with van der Waals surface area (Å²) in [5.74, 6) is -0.602. The third-order valence-electron chi connectivity index (χ3n) is 1.91. The summed E-state index contributed by atoms with van der Waals surface area (Å²) in [7, 11) is 1.23. The van der Waals surface area contributed by atoms with Crippen molar-refractivity contribution in [2.24, 2.45) is 0 Å². The number of aliphatic hydroxyl groups excluding tert-OH is 1. The number of nitriles is 1. The van der Waals surface area contributed by atoms with E-state index in [9.17, 15) is 4.79 Å². The Kier molecular flexibility index (Phi) is 3.72. The molecule has 78 valence electrons. The Bertz CT molecular complexity index is 437. The maximum Gasteiger partial charge on any atom is 0.339 e. The molecule has 4 nitrogen and oxygen atoms in total. The molecule has 0 aromatic heterocycles. The average molecular weight is 223 g/mol. The van der Waals surface area contributed by atoms with Crippen LogP contribution in [0, 0.1) is 11.3 Å². The van der Waals surface area contributed by atoms with Crippen molar-refractivity contribution >= 4 is 18.6 Å². The molecule has 0 atom stereocenters. The average Bonchev–Trinajstić information content (AvgIpc) is 2.27. The number of ether oxygens (including phenoxy) is 1. The first-order valence-corrected chi connectivity index (χ1v) is 4.54. The van der Waals surface area contributed by atoms with Gasteiger partial charge in [0.1, 0.15) is 6.07 Å². The SMILES string of the molecule is COC(=O)c1cc(CO)c(S)cc1C#N. The predicted molar refractivity (Wildman–Crippen MR) is 55.7 cm³/mol. The van der Waals surface area contributed by atoms with Gasteiger partial charge in [0, 0.05) is 4.90 Å². The third-order valence-corrected chi connectivity index (χ3v) is 2.33. The van der Waals surface area contributed by atoms with Gasteiger partial charge in [-0.25, -0.2) is 4.79 Å². The second-order valence-corrected chi connectivity index (χ2v) is 3.27. The number of rotatable bonds is 2. The highest BCUT2D eigenvalue weighted by Crippen LogP contribution is 2.20. The van der Waals surface area contributed by atoms with Crippen LogP contribution in [0.5, 0.6) is 0 Å². The zero-order valence-electron chi connectivity index (χ0n) is 8.02. The standard InChI is InChI=1S/C10H9NO3S/c1-14-10(13)8-2-7(5-12)9(15)3-6(8)4-11/h2-3,12,15H,5H2,1H3. The first kappa shape index (κ1) is 11.6. The van der Waals surface area contributed by atoms with Crippen molar-refractivity contribution < 1.29 is 14.6 Å². The lowest BCUT2D eigenvalue weighted by Crippen LogP contribution is -2.05. The van der Waals surface area contributed by atoms with E-state index in [0.29, 0.717) is 10.5 Å². The van der Waals surface area contributed by atoms with Crippen molar-refractivity contribution in [3.8, 4) is 6.07 Å². The second kappa shape index (κ2) is 4.82. The van der Waals surface area contributed by atoms with Gasteiger partial charge in [-0.1, -0.05) is 0 Å². The van der Waals surface area contributed by atoms with Gasteiger partial charge < -0.3 is 9.84 Å². The Balaban J connectivity index is 3.37. The van der Waals surface area contributed by atoms with Crippen LogP contribution >= 0.6 is 12.6 Å². The van der Waals surface area contributed by atoms with E-state index in [1.165, 1.54) is 19.2 Å². The van der Waals surface area contributed by atoms with Gasteiger partial charge in [0.2, 0.25) is 0 Å². The fourth-order valence-electron chi connectivity index (χ4n) is 1.13. The van der Waals surface area contributed by atoms with Crippen molar-refractivity contribution in [1.82, 2.24) is 0 Å². The van der Waals surface area contributed by atoms with Crippen LogP contribution in [0.4, 0.5) is 0 Å². The van der Waals surface area contributed by atoms with E-state index in [-0.39, 0.29) is 17.7 Å². The van der Waals surface area contributed by atoms with Gasteiger partial charge in [-0.15, -0.1) is 12.6 Å². The maximum absolute atomic E-state index is 11.3. The van der Waals surface area contributed by atoms with Crippen LogP contribution in [0.25, 0.3) is 0 Å². The number of aliphatic hydroxyl groups is 1. The van der Waals surface area contributed by atoms with Gasteiger partial charge in [0.25, 0.3) is 0 Å². The zero-order valence-corrected chi connectivity index (χ0v) is 8.91. The highest BCUT2D eigenvalue weighted by Gasteiger charge is 2.14. The van der Waals surface area contributed by atoms with Gasteiger partial charge in [0.15, 0.2) is 0 Å². The lowest BCUT2D eigenvalue weighted by atomic mass is 10.0. The summed E-state index contributed by atoms with van der Waals surface area (Å²) in [6.07, 6.45) is 0. The molecule has 1 rings (SSSR count). The Morgan fingerprint density at radius 1 is 1.67 bits per heavy atom. The summed E-state index contributed by atoms with van der Waals surface area (Å²) in [6, 6.07) is 4.71. The van der Waals surface area contributed by atoms with Crippen LogP contribution in [0.15, 0.2) is 17.0 Å². The van der Waals surface area contributed by atoms with Crippen LogP contribution < -0.4 is 0 Å². The lowest BCUT2D eigenvalue weighted by Gasteiger charge is -2.06. The molecule has 0 aliphatic rings. The molecular formula is C10H9NO3S. The minimum absolute atomic E-state index is 0.141. The number of carbonyl (C=O) groups excluding carboxylic acids is 1. The number of carbonyl (C=O) groups is 1. The first-order chi connectivity index (χ1) is 7.13. The number of esters is 1. The fraction of sp³-hybridized carbons (Fsp3) is 0.200. The van der Waals surface area contributed by atoms with Crippen molar-refractivity contribution in [3.63, 3.8) is 0 Å². The number of nitrogens with zero attached hydrogens (tertiary/aromatic N) is 1. The molecule has 1 N–H and O–H groups in total. The van der Waals surface area contributed by atoms with E-state index in [1.54, 1.807) is 0 Å². The van der Waals surface area contributed by atoms with Crippen molar-refractivity contribution in [2.45, 2.75) is 11.5 Å². The van der Waals surface area contributed by atoms with E-state index >= 15 is 0 Å². The number of hydrogen-bond donors (Lipinski definition) is 2. The minimum Gasteiger partial charge on any atom is -0.465 e. The van der Waals surface area contributed by atoms with Crippen LogP contribution in [0.2, 0.25) is 0 Å². The Hall–Kier alpha value is -1.51. The molecule has 0 amide bonds. The Morgan fingerprint density at radius 3 is 2.80 bits per heavy atom. The zero-order chi connectivity index (χ0) is 11.4. The highest BCUT2D eigenvalue weighted by atomic mass is 32.1. The topological polar surface area (TPSA) is 70.3 Å². The van der Waals surface area contributed by atoms with Gasteiger partial charge in [0.05, 0.1) is 24.8 Å². The summed E-state index contributed by atoms with van der Waals surface area (Å²) < 4.78 is 4.52. The van der Waals surface area contributed by atoms with Gasteiger partial charge in [-0.3, -0.25) is 0 Å². The molecular weight excluding hydrogens is 214 g/mol. The molecule has 0 spiro atoms. The quantitative estimate of drug-likeness (QED) is 0.582. The number of benzene rings is 1. The molecule has 0 bridgehead atoms. The summed E-state index contributed by atoms with van der Waals surface area (Å²) in [5.41, 5.74) is 0.809. The Morgan fingerprint density at radius 2 is 2.33 bits per heavy atom. The van der Waals surface area contributed by atoms with Crippen LogP contribution in [0.1, 0.15) is 21.5 Å². The first-order valence-electron chi connectivity index (χ1n) is 4.09. The van der Waals surface area contributed by atoms with E-state index in [2.05, 4.69) is 17.4 Å². The monoisotopic (exact) mass is 223 g/mol. The third kappa shape index (κ3) is 2.29. The normalized spacial score (nSPS) is 9.47. The smallest absolute Gasteiger partial charge is 0.339 e. The molecule has 15 heavy (non-hydrogen) atoms. The molecule has 1 aromatic carbocycles. The summed E-state index contributed by atoms with van der Waals surface area (Å²) in [6.45, 7) is -0.242. The number of methoxy groups -OCH3 is 1. The molecule has 0 radical (unpaired) electrons. The van der Waals surface area contributed by atoms with Crippen molar-refractivity contribution in [2.75, 3.05) is 7.11 Å². The molecule has 0 saturated heterocycles. The van der Waals surface area contributed by atoms with E-state index in [4.69, 9.17) is 10.4 Å². The van der Waals surface area contributed by atoms with Gasteiger partial charge in [-0.2, -0.15) is 5.26 Å². The van der Waals surface area contributed by atoms with E-state index in [1.807, 2.05) is 6.07 Å². The lowest BCUT2D eigenvalue weighted by molar-refractivity contribution is 0.0600. The van der Waals surface area contributed by atoms with Crippen LogP contribution in [-0.2, 0) is 11.3 Å². The molecule has 0 unspecified atom stereocenters. The van der Waals surface area contributed by atoms with E-state index < -0.39 is 5.97 Å². The van der Waals surface area contributed by atoms with Crippen LogP contribution in [0.3, 0.4) is 0 Å². The second-order valence-electron chi connectivity index (χ2n) is 2.79. The Labute approximate surface area is 92.5 Å². The molecule has 5 heteroatoms. The molecule has 0 aliphatic carbocycles. The maximum atomic E-state index is 11.3. The number of thiol groups is 1. The molecule has 0 aliphatic heterocycles. The molecule has 0 heterocycles. The predicted octanol–water partition coefficient (Wildman–Crippen LogP) is 1.13. The van der Waals surface area contributed by atoms with Crippen LogP contribution in [-0.4, -0.2) is 18.2 Å². The minimum atomic E-state index is -0.602. The fourth-order valence-corrected chi connectivity index (χ4v) is 1.40. The van der Waals surface area contributed by atoms with Crippen molar-refractivity contribution in [3.05, 3.63) is 28.8 Å². The summed E-state index contributed by atoms with van der Waals surface area (Å²) in [5, 5.41) is 17.8. The largest absolute Gasteiger partial charge is 0.465 e. The molecule has 0 saturated carbocycles. The van der Waals surface area contributed by atoms with Gasteiger partial charge >= 0.3 is 5.97 Å². The molecule has 1 aromatic rings. The van der Waals surface area contributed by atoms with Gasteiger partial charge in [-0.05, 0) is 17.7 Å². The van der Waals surface area contributed by atoms with E-state index in [0.717, 1.165) is 0 Å². The summed E-state index contributed by atoms with van der Waals surface area (Å²) >= 11 is 4.08. The highest BCUT2D eigenvalue weighted by molar-refractivity contribution is 7.80. The van der Waals surface area contributed by atoms with Crippen molar-refractivity contribution in [1.29, 1.82) is 5.26 Å². The molecule has 0 fully saturated rings.